The van der Waals surface area contributed by atoms with Gasteiger partial charge in [-0.15, -0.1) is 10.2 Å². The first-order valence-corrected chi connectivity index (χ1v) is 10.9. The van der Waals surface area contributed by atoms with E-state index in [1.54, 1.807) is 19.1 Å². The third-order valence-corrected chi connectivity index (χ3v) is 6.94. The molecule has 1 aliphatic carbocycles. The van der Waals surface area contributed by atoms with Crippen LogP contribution >= 0.6 is 23.1 Å². The van der Waals surface area contributed by atoms with Crippen LogP contribution in [-0.4, -0.2) is 46.5 Å². The van der Waals surface area contributed by atoms with E-state index in [-0.39, 0.29) is 11.7 Å². The highest BCUT2D eigenvalue weighted by molar-refractivity contribution is 8.01. The number of hydrogen-bond acceptors (Lipinski definition) is 8. The molecule has 0 saturated heterocycles. The number of methoxy groups -OCH3 is 1. The first-order valence-electron chi connectivity index (χ1n) is 9.12. The summed E-state index contributed by atoms with van der Waals surface area (Å²) in [6, 6.07) is 9.96. The van der Waals surface area contributed by atoms with Crippen molar-refractivity contribution in [3.05, 3.63) is 24.3 Å². The number of nitrogens with one attached hydrogen (secondary N) is 1. The van der Waals surface area contributed by atoms with E-state index in [9.17, 15) is 10.1 Å². The normalized spacial score (nSPS) is 15.5. The zero-order valence-electron chi connectivity index (χ0n) is 16.0. The van der Waals surface area contributed by atoms with Gasteiger partial charge in [0.05, 0.1) is 24.6 Å². The minimum absolute atomic E-state index is 0.0529. The number of aromatic nitrogens is 2. The third-order valence-electron chi connectivity index (χ3n) is 4.98. The number of nitrogens with zero attached hydrogens (tertiary/aromatic N) is 4. The highest BCUT2D eigenvalue weighted by atomic mass is 32.2. The number of anilines is 2. The van der Waals surface area contributed by atoms with Gasteiger partial charge in [-0.3, -0.25) is 4.79 Å². The predicted molar refractivity (Wildman–Crippen MR) is 111 cm³/mol. The van der Waals surface area contributed by atoms with Crippen LogP contribution in [0.15, 0.2) is 28.6 Å². The summed E-state index contributed by atoms with van der Waals surface area (Å²) in [5, 5.41) is 21.7. The lowest BCUT2D eigenvalue weighted by Gasteiger charge is -2.38. The Kier molecular flexibility index (Phi) is 6.75. The van der Waals surface area contributed by atoms with Crippen molar-refractivity contribution in [1.82, 2.24) is 15.1 Å². The molecule has 1 aliphatic rings. The molecule has 1 fully saturated rings. The molecular formula is C19H23N5O2S2. The molecule has 1 amide bonds. The molecule has 9 heteroatoms. The molecule has 0 atom stereocenters. The van der Waals surface area contributed by atoms with Gasteiger partial charge < -0.3 is 15.0 Å². The fraction of sp³-hybridized carbons (Fsp3) is 0.474. The van der Waals surface area contributed by atoms with E-state index in [0.717, 1.165) is 43.5 Å². The molecule has 1 N–H and O–H groups in total. The molecule has 1 heterocycles. The number of para-hydroxylation sites is 2. The molecule has 0 aliphatic heterocycles. The lowest BCUT2D eigenvalue weighted by molar-refractivity contribution is -0.131. The largest absolute Gasteiger partial charge is 0.495 e. The standard InChI is InChI=1S/C19H23N5O2S2/c1-24(19(13-20)10-6-3-7-11-19)16(25)12-27-18-23-22-17(28-18)21-14-8-4-5-9-15(14)26-2/h4-5,8-9H,3,6-7,10-12H2,1-2H3,(H,21,22). The van der Waals surface area contributed by atoms with Gasteiger partial charge in [-0.1, -0.05) is 54.5 Å². The smallest absolute Gasteiger partial charge is 0.234 e. The second-order valence-electron chi connectivity index (χ2n) is 6.64. The number of nitriles is 1. The molecule has 28 heavy (non-hydrogen) atoms. The van der Waals surface area contributed by atoms with E-state index in [4.69, 9.17) is 4.74 Å². The minimum atomic E-state index is -0.659. The zero-order valence-corrected chi connectivity index (χ0v) is 17.6. The van der Waals surface area contributed by atoms with Gasteiger partial charge in [0.15, 0.2) is 4.34 Å². The molecular weight excluding hydrogens is 394 g/mol. The Morgan fingerprint density at radius 2 is 2.11 bits per heavy atom. The van der Waals surface area contributed by atoms with E-state index < -0.39 is 5.54 Å². The SMILES string of the molecule is COc1ccccc1Nc1nnc(SCC(=O)N(C)C2(C#N)CCCCC2)s1. The maximum Gasteiger partial charge on any atom is 0.234 e. The molecule has 0 unspecified atom stereocenters. The van der Waals surface area contributed by atoms with Crippen molar-refractivity contribution in [2.45, 2.75) is 42.0 Å². The molecule has 3 rings (SSSR count). The van der Waals surface area contributed by atoms with Gasteiger partial charge in [0.1, 0.15) is 11.3 Å². The maximum absolute atomic E-state index is 12.6. The van der Waals surface area contributed by atoms with E-state index in [1.165, 1.54) is 23.1 Å². The molecule has 7 nitrogen and oxygen atoms in total. The Morgan fingerprint density at radius 1 is 1.36 bits per heavy atom. The van der Waals surface area contributed by atoms with Gasteiger partial charge >= 0.3 is 0 Å². The number of thioether (sulfide) groups is 1. The first kappa shape index (κ1) is 20.4. The Balaban J connectivity index is 1.58. The van der Waals surface area contributed by atoms with Gasteiger partial charge in [0.2, 0.25) is 11.0 Å². The van der Waals surface area contributed by atoms with Crippen molar-refractivity contribution < 1.29 is 9.53 Å². The van der Waals surface area contributed by atoms with Crippen molar-refractivity contribution in [1.29, 1.82) is 5.26 Å². The molecule has 0 bridgehead atoms. The summed E-state index contributed by atoms with van der Waals surface area (Å²) >= 11 is 2.72. The summed E-state index contributed by atoms with van der Waals surface area (Å²) in [7, 11) is 3.36. The number of carbonyl (C=O) groups excluding carboxylic acids is 1. The van der Waals surface area contributed by atoms with Crippen molar-refractivity contribution in [3.63, 3.8) is 0 Å². The summed E-state index contributed by atoms with van der Waals surface area (Å²) in [6.07, 6.45) is 4.62. The van der Waals surface area contributed by atoms with Crippen LogP contribution in [-0.2, 0) is 4.79 Å². The van der Waals surface area contributed by atoms with E-state index in [0.29, 0.717) is 9.47 Å². The first-order chi connectivity index (χ1) is 13.6. The van der Waals surface area contributed by atoms with Gasteiger partial charge in [-0.25, -0.2) is 0 Å². The van der Waals surface area contributed by atoms with Crippen LogP contribution < -0.4 is 10.1 Å². The van der Waals surface area contributed by atoms with Crippen LogP contribution in [0.5, 0.6) is 5.75 Å². The van der Waals surface area contributed by atoms with Gasteiger partial charge in [-0.2, -0.15) is 5.26 Å². The van der Waals surface area contributed by atoms with Crippen molar-refractivity contribution in [3.8, 4) is 11.8 Å². The average molecular weight is 418 g/mol. The van der Waals surface area contributed by atoms with Crippen molar-refractivity contribution in [2.24, 2.45) is 0 Å². The monoisotopic (exact) mass is 417 g/mol. The Hall–Kier alpha value is -2.31. The second-order valence-corrected chi connectivity index (χ2v) is 8.84. The summed E-state index contributed by atoms with van der Waals surface area (Å²) in [5.41, 5.74) is 0.148. The van der Waals surface area contributed by atoms with Crippen LogP contribution in [0.4, 0.5) is 10.8 Å². The van der Waals surface area contributed by atoms with Crippen LogP contribution in [0.1, 0.15) is 32.1 Å². The molecule has 1 saturated carbocycles. The number of carbonyl (C=O) groups is 1. The van der Waals surface area contributed by atoms with Crippen LogP contribution in [0.3, 0.4) is 0 Å². The van der Waals surface area contributed by atoms with Crippen LogP contribution in [0, 0.1) is 11.3 Å². The third kappa shape index (κ3) is 4.56. The lowest BCUT2D eigenvalue weighted by atomic mass is 9.81. The number of benzene rings is 1. The van der Waals surface area contributed by atoms with E-state index in [1.807, 2.05) is 24.3 Å². The molecule has 1 aromatic carbocycles. The van der Waals surface area contributed by atoms with E-state index in [2.05, 4.69) is 21.6 Å². The molecule has 1 aromatic heterocycles. The Labute approximate surface area is 173 Å². The maximum atomic E-state index is 12.6. The predicted octanol–water partition coefficient (Wildman–Crippen LogP) is 4.07. The quantitative estimate of drug-likeness (QED) is 0.679. The van der Waals surface area contributed by atoms with Crippen molar-refractivity contribution in [2.75, 3.05) is 25.2 Å². The van der Waals surface area contributed by atoms with Crippen LogP contribution in [0.2, 0.25) is 0 Å². The van der Waals surface area contributed by atoms with Crippen LogP contribution in [0.25, 0.3) is 0 Å². The number of rotatable bonds is 7. The highest BCUT2D eigenvalue weighted by Crippen LogP contribution is 2.34. The molecule has 0 spiro atoms. The number of ether oxygens (including phenoxy) is 1. The second kappa shape index (κ2) is 9.26. The lowest BCUT2D eigenvalue weighted by Crippen LogP contribution is -2.50. The number of amides is 1. The zero-order chi connectivity index (χ0) is 20.0. The Bertz CT molecular complexity index is 858. The fourth-order valence-corrected chi connectivity index (χ4v) is 4.98. The summed E-state index contributed by atoms with van der Waals surface area (Å²) < 4.78 is 6.02. The molecule has 2 aromatic rings. The summed E-state index contributed by atoms with van der Waals surface area (Å²) in [4.78, 5) is 14.3. The van der Waals surface area contributed by atoms with Gasteiger partial charge in [0.25, 0.3) is 0 Å². The Morgan fingerprint density at radius 3 is 2.82 bits per heavy atom. The average Bonchev–Trinajstić information content (AvgIpc) is 3.19. The van der Waals surface area contributed by atoms with Gasteiger partial charge in [0, 0.05) is 7.05 Å². The fourth-order valence-electron chi connectivity index (χ4n) is 3.30. The molecule has 0 radical (unpaired) electrons. The topological polar surface area (TPSA) is 91.1 Å². The van der Waals surface area contributed by atoms with E-state index >= 15 is 0 Å². The summed E-state index contributed by atoms with van der Waals surface area (Å²) in [6.45, 7) is 0. The highest BCUT2D eigenvalue weighted by Gasteiger charge is 2.38. The van der Waals surface area contributed by atoms with Crippen molar-refractivity contribution >= 4 is 39.8 Å². The molecule has 148 valence electrons. The number of hydrogen-bond donors (Lipinski definition) is 1. The van der Waals surface area contributed by atoms with Gasteiger partial charge in [-0.05, 0) is 25.0 Å². The minimum Gasteiger partial charge on any atom is -0.495 e. The summed E-state index contributed by atoms with van der Waals surface area (Å²) in [5.74, 6) is 0.907.